The van der Waals surface area contributed by atoms with Crippen molar-refractivity contribution in [1.82, 2.24) is 10.3 Å². The Labute approximate surface area is 116 Å². The second-order valence-corrected chi connectivity index (χ2v) is 5.21. The number of primary amides is 1. The van der Waals surface area contributed by atoms with Gasteiger partial charge in [0, 0.05) is 13.6 Å². The third-order valence-corrected chi connectivity index (χ3v) is 3.69. The van der Waals surface area contributed by atoms with E-state index in [0.717, 1.165) is 13.0 Å². The van der Waals surface area contributed by atoms with Gasteiger partial charge in [-0.25, -0.2) is 4.98 Å². The molecule has 0 fully saturated rings. The van der Waals surface area contributed by atoms with Crippen LogP contribution in [0.1, 0.15) is 29.9 Å². The summed E-state index contributed by atoms with van der Waals surface area (Å²) in [5.41, 5.74) is 10.8. The monoisotopic (exact) mass is 285 g/mol. The number of nitrogens with zero attached hydrogens (tertiary/aromatic N) is 2. The van der Waals surface area contributed by atoms with Gasteiger partial charge in [-0.3, -0.25) is 9.59 Å². The number of carbonyl (C=O) groups is 2. The fourth-order valence-electron chi connectivity index (χ4n) is 1.41. The number of nitrogen functional groups attached to an aromatic ring is 1. The van der Waals surface area contributed by atoms with Gasteiger partial charge in [0.1, 0.15) is 16.7 Å². The van der Waals surface area contributed by atoms with E-state index in [1.54, 1.807) is 0 Å². The van der Waals surface area contributed by atoms with Crippen LogP contribution in [0.2, 0.25) is 0 Å². The van der Waals surface area contributed by atoms with E-state index in [-0.39, 0.29) is 5.82 Å². The highest BCUT2D eigenvalue weighted by molar-refractivity contribution is 7.18. The molecule has 2 amide bonds. The Morgan fingerprint density at radius 2 is 2.16 bits per heavy atom. The molecular formula is C11H19N5O2S. The molecular weight excluding hydrogens is 266 g/mol. The molecule has 1 unspecified atom stereocenters. The zero-order chi connectivity index (χ0) is 14.6. The highest BCUT2D eigenvalue weighted by atomic mass is 32.1. The van der Waals surface area contributed by atoms with Crippen LogP contribution in [0.5, 0.6) is 0 Å². The van der Waals surface area contributed by atoms with Crippen LogP contribution in [0.15, 0.2) is 0 Å². The first-order valence-electron chi connectivity index (χ1n) is 5.94. The molecule has 0 spiro atoms. The molecule has 8 heteroatoms. The molecule has 0 aliphatic rings. The maximum absolute atomic E-state index is 11.9. The SMILES string of the molecule is CCCN(C)c1nc(N)c(C(=O)NC(C)C(N)=O)s1. The zero-order valence-corrected chi connectivity index (χ0v) is 12.1. The van der Waals surface area contributed by atoms with Crippen LogP contribution < -0.4 is 21.7 Å². The standard InChI is InChI=1S/C11H19N5O2S/c1-4-5-16(3)11-15-8(12)7(19-11)10(18)14-6(2)9(13)17/h6H,4-5,12H2,1-3H3,(H2,13,17)(H,14,18). The van der Waals surface area contributed by atoms with E-state index in [1.807, 2.05) is 11.9 Å². The lowest BCUT2D eigenvalue weighted by atomic mass is 10.3. The minimum Gasteiger partial charge on any atom is -0.382 e. The summed E-state index contributed by atoms with van der Waals surface area (Å²) in [6.07, 6.45) is 0.968. The Hall–Kier alpha value is -1.83. The Morgan fingerprint density at radius 3 is 2.68 bits per heavy atom. The van der Waals surface area contributed by atoms with Gasteiger partial charge in [0.15, 0.2) is 5.13 Å². The molecule has 0 saturated carbocycles. The lowest BCUT2D eigenvalue weighted by Crippen LogP contribution is -2.42. The molecule has 0 radical (unpaired) electrons. The molecule has 0 saturated heterocycles. The van der Waals surface area contributed by atoms with Gasteiger partial charge in [0.25, 0.3) is 5.91 Å². The van der Waals surface area contributed by atoms with E-state index in [2.05, 4.69) is 17.2 Å². The minimum atomic E-state index is -0.745. The highest BCUT2D eigenvalue weighted by Gasteiger charge is 2.20. The van der Waals surface area contributed by atoms with Crippen LogP contribution in [0.25, 0.3) is 0 Å². The second kappa shape index (κ2) is 6.37. The van der Waals surface area contributed by atoms with Gasteiger partial charge >= 0.3 is 0 Å². The fourth-order valence-corrected chi connectivity index (χ4v) is 2.29. The van der Waals surface area contributed by atoms with Crippen LogP contribution in [0.4, 0.5) is 10.9 Å². The number of hydrogen-bond donors (Lipinski definition) is 3. The average molecular weight is 285 g/mol. The lowest BCUT2D eigenvalue weighted by Gasteiger charge is -2.13. The van der Waals surface area contributed by atoms with Crippen molar-refractivity contribution in [2.45, 2.75) is 26.3 Å². The van der Waals surface area contributed by atoms with Crippen molar-refractivity contribution in [2.24, 2.45) is 5.73 Å². The van der Waals surface area contributed by atoms with Crippen LogP contribution >= 0.6 is 11.3 Å². The minimum absolute atomic E-state index is 0.164. The Bertz CT molecular complexity index is 474. The predicted octanol–water partition coefficient (Wildman–Crippen LogP) is 0.175. The van der Waals surface area contributed by atoms with Crippen molar-refractivity contribution < 1.29 is 9.59 Å². The summed E-state index contributed by atoms with van der Waals surface area (Å²) >= 11 is 1.20. The van der Waals surface area contributed by atoms with Gasteiger partial charge in [-0.15, -0.1) is 0 Å². The third kappa shape index (κ3) is 3.82. The van der Waals surface area contributed by atoms with Gasteiger partial charge in [-0.1, -0.05) is 18.3 Å². The summed E-state index contributed by atoms with van der Waals surface area (Å²) in [7, 11) is 1.88. The number of anilines is 2. The average Bonchev–Trinajstić information content (AvgIpc) is 2.71. The molecule has 0 bridgehead atoms. The molecule has 1 rings (SSSR count). The molecule has 5 N–H and O–H groups in total. The largest absolute Gasteiger partial charge is 0.382 e. The predicted molar refractivity (Wildman–Crippen MR) is 76.2 cm³/mol. The number of nitrogens with two attached hydrogens (primary N) is 2. The summed E-state index contributed by atoms with van der Waals surface area (Å²) in [5, 5.41) is 3.16. The molecule has 7 nitrogen and oxygen atoms in total. The van der Waals surface area contributed by atoms with Gasteiger partial charge in [-0.05, 0) is 13.3 Å². The van der Waals surface area contributed by atoms with E-state index < -0.39 is 17.9 Å². The van der Waals surface area contributed by atoms with Crippen molar-refractivity contribution >= 4 is 34.1 Å². The molecule has 1 heterocycles. The molecule has 19 heavy (non-hydrogen) atoms. The zero-order valence-electron chi connectivity index (χ0n) is 11.3. The quantitative estimate of drug-likeness (QED) is 0.689. The summed E-state index contributed by atoms with van der Waals surface area (Å²) in [4.78, 5) is 29.2. The van der Waals surface area contributed by atoms with E-state index in [4.69, 9.17) is 11.5 Å². The van der Waals surface area contributed by atoms with Crippen molar-refractivity contribution in [2.75, 3.05) is 24.2 Å². The van der Waals surface area contributed by atoms with Gasteiger partial charge < -0.3 is 21.7 Å². The lowest BCUT2D eigenvalue weighted by molar-refractivity contribution is -0.119. The van der Waals surface area contributed by atoms with E-state index >= 15 is 0 Å². The van der Waals surface area contributed by atoms with E-state index in [1.165, 1.54) is 18.3 Å². The number of amides is 2. The van der Waals surface area contributed by atoms with Gasteiger partial charge in [0.2, 0.25) is 5.91 Å². The number of carbonyl (C=O) groups excluding carboxylic acids is 2. The fraction of sp³-hybridized carbons (Fsp3) is 0.545. The topological polar surface area (TPSA) is 114 Å². The molecule has 0 aliphatic carbocycles. The van der Waals surface area contributed by atoms with Crippen molar-refractivity contribution in [3.05, 3.63) is 4.88 Å². The van der Waals surface area contributed by atoms with Crippen LogP contribution in [0, 0.1) is 0 Å². The molecule has 1 aromatic rings. The summed E-state index contributed by atoms with van der Waals surface area (Å²) < 4.78 is 0. The normalized spacial score (nSPS) is 11.9. The number of aromatic nitrogens is 1. The first kappa shape index (κ1) is 15.2. The van der Waals surface area contributed by atoms with Crippen LogP contribution in [-0.2, 0) is 4.79 Å². The first-order chi connectivity index (χ1) is 8.86. The smallest absolute Gasteiger partial charge is 0.265 e. The Morgan fingerprint density at radius 1 is 1.53 bits per heavy atom. The van der Waals surface area contributed by atoms with E-state index in [9.17, 15) is 9.59 Å². The molecule has 1 aromatic heterocycles. The first-order valence-corrected chi connectivity index (χ1v) is 6.76. The molecule has 1 atom stereocenters. The summed E-state index contributed by atoms with van der Waals surface area (Å²) in [5.74, 6) is -0.866. The van der Waals surface area contributed by atoms with Gasteiger partial charge in [0.05, 0.1) is 0 Å². The number of rotatable bonds is 6. The molecule has 0 aromatic carbocycles. The van der Waals surface area contributed by atoms with E-state index in [0.29, 0.717) is 10.0 Å². The Balaban J connectivity index is 2.84. The molecule has 106 valence electrons. The molecule has 0 aliphatic heterocycles. The Kier molecular flexibility index (Phi) is 5.11. The van der Waals surface area contributed by atoms with Gasteiger partial charge in [-0.2, -0.15) is 0 Å². The highest BCUT2D eigenvalue weighted by Crippen LogP contribution is 2.27. The second-order valence-electron chi connectivity index (χ2n) is 4.23. The summed E-state index contributed by atoms with van der Waals surface area (Å²) in [6.45, 7) is 4.39. The number of thiazole rings is 1. The van der Waals surface area contributed by atoms with Crippen LogP contribution in [0.3, 0.4) is 0 Å². The van der Waals surface area contributed by atoms with Crippen molar-refractivity contribution in [3.63, 3.8) is 0 Å². The summed E-state index contributed by atoms with van der Waals surface area (Å²) in [6, 6.07) is -0.745. The maximum Gasteiger partial charge on any atom is 0.265 e. The van der Waals surface area contributed by atoms with Crippen molar-refractivity contribution in [3.8, 4) is 0 Å². The third-order valence-electron chi connectivity index (χ3n) is 2.51. The van der Waals surface area contributed by atoms with Crippen molar-refractivity contribution in [1.29, 1.82) is 0 Å². The number of hydrogen-bond acceptors (Lipinski definition) is 6. The van der Waals surface area contributed by atoms with Crippen LogP contribution in [-0.4, -0.2) is 36.4 Å². The number of nitrogens with one attached hydrogen (secondary N) is 1. The maximum atomic E-state index is 11.9.